The summed E-state index contributed by atoms with van der Waals surface area (Å²) in [5.41, 5.74) is 5.49. The highest BCUT2D eigenvalue weighted by Crippen LogP contribution is 2.13. The van der Waals surface area contributed by atoms with Crippen LogP contribution in [0.15, 0.2) is 78.9 Å². The molecule has 0 aliphatic carbocycles. The fraction of sp³-hybridized carbons (Fsp3) is 0.375. The molecule has 0 saturated heterocycles. The number of hydrogen-bond donors (Lipinski definition) is 0. The maximum Gasteiger partial charge on any atom is 0.337 e. The summed E-state index contributed by atoms with van der Waals surface area (Å²) in [6.45, 7) is 3.52. The van der Waals surface area contributed by atoms with E-state index in [0.717, 1.165) is 50.9 Å². The number of carbonyl (C=O) groups is 2. The summed E-state index contributed by atoms with van der Waals surface area (Å²) in [6.07, 6.45) is 4.12. The van der Waals surface area contributed by atoms with E-state index in [-0.39, 0.29) is 11.9 Å². The predicted molar refractivity (Wildman–Crippen MR) is 149 cm³/mol. The number of nitrogens with zero attached hydrogens (tertiary/aromatic N) is 1. The van der Waals surface area contributed by atoms with E-state index >= 15 is 0 Å². The summed E-state index contributed by atoms with van der Waals surface area (Å²) in [6, 6.07) is 26.7. The normalized spacial score (nSPS) is 10.9. The third-order valence-electron chi connectivity index (χ3n) is 6.47. The van der Waals surface area contributed by atoms with Crippen molar-refractivity contribution in [1.82, 2.24) is 4.90 Å². The molecular formula is C32H39NO5. The van der Waals surface area contributed by atoms with Gasteiger partial charge in [-0.15, -0.1) is 0 Å². The Kier molecular flexibility index (Phi) is 12.5. The van der Waals surface area contributed by atoms with Gasteiger partial charge in [-0.3, -0.25) is 9.69 Å². The van der Waals surface area contributed by atoms with Gasteiger partial charge in [0.1, 0.15) is 0 Å². The quantitative estimate of drug-likeness (QED) is 0.182. The molecule has 38 heavy (non-hydrogen) atoms. The van der Waals surface area contributed by atoms with Gasteiger partial charge in [0, 0.05) is 19.5 Å². The lowest BCUT2D eigenvalue weighted by molar-refractivity contribution is -0.140. The second-order valence-electron chi connectivity index (χ2n) is 9.36. The van der Waals surface area contributed by atoms with Crippen molar-refractivity contribution < 1.29 is 23.8 Å². The van der Waals surface area contributed by atoms with Crippen LogP contribution in [0.4, 0.5) is 0 Å². The molecule has 0 saturated carbocycles. The monoisotopic (exact) mass is 517 g/mol. The molecule has 0 atom stereocenters. The number of aryl methyl sites for hydroxylation is 2. The zero-order valence-electron chi connectivity index (χ0n) is 22.6. The Morgan fingerprint density at radius 3 is 2.16 bits per heavy atom. The molecule has 3 aromatic carbocycles. The molecule has 3 rings (SSSR count). The van der Waals surface area contributed by atoms with Crippen molar-refractivity contribution in [3.63, 3.8) is 0 Å². The molecule has 3 aromatic rings. The Morgan fingerprint density at radius 1 is 0.711 bits per heavy atom. The van der Waals surface area contributed by atoms with Crippen LogP contribution in [0.1, 0.15) is 51.9 Å². The zero-order chi connectivity index (χ0) is 27.0. The third kappa shape index (κ3) is 10.5. The smallest absolute Gasteiger partial charge is 0.337 e. The van der Waals surface area contributed by atoms with Crippen LogP contribution in [0.3, 0.4) is 0 Å². The van der Waals surface area contributed by atoms with Crippen LogP contribution in [0.25, 0.3) is 0 Å². The number of unbranched alkanes of at least 4 members (excludes halogenated alkanes) is 1. The van der Waals surface area contributed by atoms with Crippen LogP contribution in [-0.2, 0) is 45.0 Å². The summed E-state index contributed by atoms with van der Waals surface area (Å²) in [5.74, 6) is -0.516. The van der Waals surface area contributed by atoms with Crippen molar-refractivity contribution >= 4 is 11.9 Å². The van der Waals surface area contributed by atoms with Crippen molar-refractivity contribution in [1.29, 1.82) is 0 Å². The number of methoxy groups -OCH3 is 2. The molecule has 0 heterocycles. The maximum atomic E-state index is 11.7. The highest BCUT2D eigenvalue weighted by atomic mass is 16.5. The summed E-state index contributed by atoms with van der Waals surface area (Å²) in [7, 11) is 2.80. The number of ether oxygens (including phenoxy) is 3. The SMILES string of the molecule is COC(=O)CCCCN(CCOCc1cccc(CCc2ccccc2)c1)Cc1ccc(C(=O)OC)cc1. The van der Waals surface area contributed by atoms with E-state index < -0.39 is 0 Å². The van der Waals surface area contributed by atoms with Crippen LogP contribution in [0.5, 0.6) is 0 Å². The van der Waals surface area contributed by atoms with E-state index in [1.165, 1.54) is 30.9 Å². The molecule has 0 spiro atoms. The number of esters is 2. The number of benzene rings is 3. The van der Waals surface area contributed by atoms with Gasteiger partial charge in [0.2, 0.25) is 0 Å². The largest absolute Gasteiger partial charge is 0.469 e. The molecule has 202 valence electrons. The summed E-state index contributed by atoms with van der Waals surface area (Å²) in [4.78, 5) is 25.5. The lowest BCUT2D eigenvalue weighted by Crippen LogP contribution is -2.28. The lowest BCUT2D eigenvalue weighted by atomic mass is 10.0. The second-order valence-corrected chi connectivity index (χ2v) is 9.36. The zero-order valence-corrected chi connectivity index (χ0v) is 22.6. The summed E-state index contributed by atoms with van der Waals surface area (Å²) < 4.78 is 15.6. The highest BCUT2D eigenvalue weighted by Gasteiger charge is 2.10. The molecule has 0 unspecified atom stereocenters. The Bertz CT molecular complexity index is 1110. The third-order valence-corrected chi connectivity index (χ3v) is 6.47. The molecule has 0 aliphatic heterocycles. The van der Waals surface area contributed by atoms with Gasteiger partial charge in [-0.2, -0.15) is 0 Å². The van der Waals surface area contributed by atoms with Crippen LogP contribution in [0, 0.1) is 0 Å². The number of hydrogen-bond acceptors (Lipinski definition) is 6. The van der Waals surface area contributed by atoms with Crippen molar-refractivity contribution in [3.05, 3.63) is 107 Å². The van der Waals surface area contributed by atoms with E-state index in [9.17, 15) is 9.59 Å². The van der Waals surface area contributed by atoms with Gasteiger partial charge in [-0.05, 0) is 66.6 Å². The van der Waals surface area contributed by atoms with Crippen molar-refractivity contribution in [2.45, 2.75) is 45.3 Å². The first kappa shape index (κ1) is 29.1. The Balaban J connectivity index is 1.48. The average Bonchev–Trinajstić information content (AvgIpc) is 2.96. The molecule has 0 N–H and O–H groups in total. The minimum atomic E-state index is -0.339. The molecule has 0 aromatic heterocycles. The fourth-order valence-corrected chi connectivity index (χ4v) is 4.29. The fourth-order valence-electron chi connectivity index (χ4n) is 4.29. The maximum absolute atomic E-state index is 11.7. The minimum Gasteiger partial charge on any atom is -0.469 e. The van der Waals surface area contributed by atoms with Crippen LogP contribution >= 0.6 is 0 Å². The van der Waals surface area contributed by atoms with Crippen molar-refractivity contribution in [2.75, 3.05) is 33.9 Å². The van der Waals surface area contributed by atoms with Crippen molar-refractivity contribution in [2.24, 2.45) is 0 Å². The summed E-state index contributed by atoms with van der Waals surface area (Å²) >= 11 is 0. The highest BCUT2D eigenvalue weighted by molar-refractivity contribution is 5.89. The lowest BCUT2D eigenvalue weighted by Gasteiger charge is -2.22. The molecule has 6 nitrogen and oxygen atoms in total. The van der Waals surface area contributed by atoms with E-state index in [0.29, 0.717) is 25.2 Å². The van der Waals surface area contributed by atoms with E-state index in [1.54, 1.807) is 12.1 Å². The minimum absolute atomic E-state index is 0.177. The van der Waals surface area contributed by atoms with Gasteiger partial charge in [0.05, 0.1) is 33.0 Å². The Labute approximate surface area is 226 Å². The topological polar surface area (TPSA) is 65.1 Å². The van der Waals surface area contributed by atoms with Gasteiger partial charge in [-0.1, -0.05) is 66.7 Å². The Morgan fingerprint density at radius 2 is 1.42 bits per heavy atom. The standard InChI is InChI=1S/C32H39NO5/c1-36-31(34)13-6-7-20-33(24-28-16-18-30(19-17-28)32(35)37-2)21-22-38-25-29-12-8-11-27(23-29)15-14-26-9-4-3-5-10-26/h3-5,8-12,16-19,23H,6-7,13-15,20-22,24-25H2,1-2H3. The Hall–Kier alpha value is -3.48. The first-order chi connectivity index (χ1) is 18.6. The molecule has 0 aliphatic rings. The first-order valence-electron chi connectivity index (χ1n) is 13.2. The number of rotatable bonds is 16. The van der Waals surface area contributed by atoms with E-state index in [2.05, 4.69) is 53.4 Å². The molecule has 0 fully saturated rings. The molecular weight excluding hydrogens is 478 g/mol. The van der Waals surface area contributed by atoms with Crippen LogP contribution in [-0.4, -0.2) is 50.8 Å². The summed E-state index contributed by atoms with van der Waals surface area (Å²) in [5, 5.41) is 0. The molecule has 6 heteroatoms. The van der Waals surface area contributed by atoms with Gasteiger partial charge in [-0.25, -0.2) is 4.79 Å². The van der Waals surface area contributed by atoms with Crippen LogP contribution < -0.4 is 0 Å². The van der Waals surface area contributed by atoms with Crippen LogP contribution in [0.2, 0.25) is 0 Å². The van der Waals surface area contributed by atoms with E-state index in [1.807, 2.05) is 18.2 Å². The van der Waals surface area contributed by atoms with Crippen molar-refractivity contribution in [3.8, 4) is 0 Å². The van der Waals surface area contributed by atoms with Gasteiger partial charge < -0.3 is 14.2 Å². The van der Waals surface area contributed by atoms with Gasteiger partial charge in [0.25, 0.3) is 0 Å². The van der Waals surface area contributed by atoms with Gasteiger partial charge >= 0.3 is 11.9 Å². The average molecular weight is 518 g/mol. The molecule has 0 bridgehead atoms. The van der Waals surface area contributed by atoms with Gasteiger partial charge in [0.15, 0.2) is 0 Å². The molecule has 0 radical (unpaired) electrons. The second kappa shape index (κ2) is 16.4. The van der Waals surface area contributed by atoms with E-state index in [4.69, 9.17) is 14.2 Å². The predicted octanol–water partition coefficient (Wildman–Crippen LogP) is 5.62. The first-order valence-corrected chi connectivity index (χ1v) is 13.2. The molecule has 0 amide bonds. The number of carbonyl (C=O) groups excluding carboxylic acids is 2.